The van der Waals surface area contributed by atoms with E-state index in [9.17, 15) is 58.9 Å². The summed E-state index contributed by atoms with van der Waals surface area (Å²) in [5.74, 6) is -3.72. The first-order valence-corrected chi connectivity index (χ1v) is 38.9. The molecule has 0 spiro atoms. The minimum atomic E-state index is -3.90. The van der Waals surface area contributed by atoms with Crippen LogP contribution in [0.4, 0.5) is 8.78 Å². The van der Waals surface area contributed by atoms with E-state index in [2.05, 4.69) is 25.0 Å². The van der Waals surface area contributed by atoms with E-state index in [0.717, 1.165) is 110 Å². The van der Waals surface area contributed by atoms with Crippen LogP contribution >= 0.6 is 0 Å². The van der Waals surface area contributed by atoms with Gasteiger partial charge in [0.25, 0.3) is 5.16 Å². The lowest BCUT2D eigenvalue weighted by molar-refractivity contribution is -0.295. The highest BCUT2D eigenvalue weighted by molar-refractivity contribution is 7.91. The first-order valence-electron chi connectivity index (χ1n) is 34.3. The number of carbonyl (C=O) groups excluding carboxylic acids is 1. The molecule has 5 aromatic carbocycles. The molecule has 556 valence electrons. The Hall–Kier alpha value is -8.42. The van der Waals surface area contributed by atoms with Gasteiger partial charge in [-0.05, 0) is 215 Å². The number of aliphatic carboxylic acids is 1. The summed E-state index contributed by atoms with van der Waals surface area (Å²) in [6.07, 6.45) is 3.77. The van der Waals surface area contributed by atoms with Crippen LogP contribution in [0, 0.1) is 11.6 Å². The highest BCUT2D eigenvalue weighted by Crippen LogP contribution is 2.45. The van der Waals surface area contributed by atoms with Gasteiger partial charge < -0.3 is 34.6 Å². The van der Waals surface area contributed by atoms with E-state index in [1.807, 2.05) is 45.9 Å². The number of para-hydroxylation sites is 1. The molecule has 104 heavy (non-hydrogen) atoms. The summed E-state index contributed by atoms with van der Waals surface area (Å²) >= 11 is 0. The Morgan fingerprint density at radius 3 is 1.72 bits per heavy atom. The summed E-state index contributed by atoms with van der Waals surface area (Å²) in [7, 11) is -8.45. The Morgan fingerprint density at radius 2 is 1.22 bits per heavy atom. The first-order chi connectivity index (χ1) is 49.0. The number of sulfonamides is 2. The number of hydrogen-bond acceptors (Lipinski definition) is 19. The number of aliphatic hydroxyl groups excluding tert-OH is 3. The standard InChI is InChI=1S/C31H35FN2O6S.C25H27FN2O3S.C20H28N4O6S/c1-18(2)30-26(14-12-22(35)15-23(36)16-28(37)38)29(20-7-10-21(32)11-8-20)25-6-4-5-19-9-13-24(41(39,40)33-3)17-27(19)31(25)34-30;1-15(2)24-22(14-29)23(17-7-10-18(26)11-8-17)20-6-4-5-16-9-12-19(32(30,31)27-3)13-21(16)25(20)28-24;1-19(2,3)30-17(25)12-15-11-16(29-20(4,5)28-15)13-31(26,27)18-21-22-23-24(18)14-9-7-6-8-10-14/h7-14,17-18,22-23,33,35-36H,4-6,15-16H2,1-3H3,(H,37,38);7-13,15,27,29H,4-6,14H2,1-3H3;6-10,15-16H,11-13H2,1-5H3/b14-12+;;/t22-,23-;;15-,16+/m1.1/s1. The fourth-order valence-corrected chi connectivity index (χ4v) is 16.1. The zero-order valence-electron chi connectivity index (χ0n) is 60.0. The number of tetrazole rings is 1. The van der Waals surface area contributed by atoms with E-state index >= 15 is 0 Å². The number of aromatic nitrogens is 6. The number of hydrogen-bond donors (Lipinski definition) is 6. The summed E-state index contributed by atoms with van der Waals surface area (Å²) in [4.78, 5) is 33.6. The lowest BCUT2D eigenvalue weighted by atomic mass is 9.86. The van der Waals surface area contributed by atoms with E-state index in [4.69, 9.17) is 29.3 Å². The lowest BCUT2D eigenvalue weighted by Crippen LogP contribution is -2.47. The largest absolute Gasteiger partial charge is 0.481 e. The number of carbonyl (C=O) groups is 2. The van der Waals surface area contributed by atoms with Crippen molar-refractivity contribution in [1.29, 1.82) is 0 Å². The molecule has 8 aromatic rings. The highest BCUT2D eigenvalue weighted by atomic mass is 32.2. The fraction of sp³-hybridized carbons (Fsp3) is 0.408. The van der Waals surface area contributed by atoms with Crippen molar-refractivity contribution in [2.75, 3.05) is 19.8 Å². The quantitative estimate of drug-likeness (QED) is 0.0364. The molecule has 3 aliphatic rings. The van der Waals surface area contributed by atoms with Crippen LogP contribution in [0.15, 0.2) is 136 Å². The monoisotopic (exact) mass is 1490 g/mol. The van der Waals surface area contributed by atoms with Crippen LogP contribution in [0.3, 0.4) is 0 Å². The summed E-state index contributed by atoms with van der Waals surface area (Å²) in [6, 6.07) is 31.4. The number of pyridine rings is 2. The van der Waals surface area contributed by atoms with E-state index in [1.54, 1.807) is 113 Å². The summed E-state index contributed by atoms with van der Waals surface area (Å²) in [6.45, 7) is 16.5. The van der Waals surface area contributed by atoms with Crippen LogP contribution in [0.1, 0.15) is 157 Å². The smallest absolute Gasteiger partial charge is 0.308 e. The van der Waals surface area contributed by atoms with Crippen LogP contribution in [0.2, 0.25) is 0 Å². The molecule has 1 aliphatic heterocycles. The number of nitrogens with one attached hydrogen (secondary N) is 2. The number of halogens is 2. The Morgan fingerprint density at radius 1 is 0.712 bits per heavy atom. The molecule has 1 saturated heterocycles. The molecule has 0 radical (unpaired) electrons. The average Bonchev–Trinajstić information content (AvgIpc) is 1.22. The van der Waals surface area contributed by atoms with Crippen molar-refractivity contribution in [2.45, 2.75) is 196 Å². The lowest BCUT2D eigenvalue weighted by Gasteiger charge is -2.40. The second-order valence-corrected chi connectivity index (χ2v) is 33.5. The van der Waals surface area contributed by atoms with Crippen LogP contribution in [-0.2, 0) is 86.0 Å². The van der Waals surface area contributed by atoms with Crippen molar-refractivity contribution in [3.05, 3.63) is 178 Å². The van der Waals surface area contributed by atoms with Gasteiger partial charge in [-0.25, -0.2) is 43.5 Å². The van der Waals surface area contributed by atoms with Crippen molar-refractivity contribution >= 4 is 47.9 Å². The average molecular weight is 1490 g/mol. The Balaban J connectivity index is 0.000000183. The van der Waals surface area contributed by atoms with Crippen molar-refractivity contribution in [3.63, 3.8) is 0 Å². The molecule has 0 bridgehead atoms. The van der Waals surface area contributed by atoms with Crippen LogP contribution in [0.5, 0.6) is 0 Å². The zero-order chi connectivity index (χ0) is 75.8. The molecule has 4 heterocycles. The second-order valence-electron chi connectivity index (χ2n) is 27.8. The Bertz CT molecular complexity index is 4800. The first kappa shape index (κ1) is 79.7. The van der Waals surface area contributed by atoms with Gasteiger partial charge in [-0.15, -0.1) is 0 Å². The van der Waals surface area contributed by atoms with Gasteiger partial charge in [-0.2, -0.15) is 4.68 Å². The number of esters is 1. The molecule has 0 unspecified atom stereocenters. The number of ether oxygens (including phenoxy) is 3. The summed E-state index contributed by atoms with van der Waals surface area (Å²) in [5.41, 5.74) is 12.9. The topological polar surface area (TPSA) is 339 Å². The molecule has 4 atom stereocenters. The van der Waals surface area contributed by atoms with Crippen LogP contribution in [-0.4, -0.2) is 143 Å². The molecular formula is C76H90F2N8O15S3. The molecule has 11 rings (SSSR count). The second kappa shape index (κ2) is 33.4. The number of sulfone groups is 1. The van der Waals surface area contributed by atoms with Crippen molar-refractivity contribution in [2.24, 2.45) is 0 Å². The molecule has 28 heteroatoms. The van der Waals surface area contributed by atoms with Crippen LogP contribution in [0.25, 0.3) is 56.5 Å². The van der Waals surface area contributed by atoms with Gasteiger partial charge in [0, 0.05) is 40.8 Å². The minimum Gasteiger partial charge on any atom is -0.481 e. The van der Waals surface area contributed by atoms with Gasteiger partial charge in [0.05, 0.1) is 82.2 Å². The molecule has 3 aromatic heterocycles. The van der Waals surface area contributed by atoms with E-state index < -0.39 is 84.0 Å². The summed E-state index contributed by atoms with van der Waals surface area (Å²) in [5, 5.41) is 50.6. The number of carboxylic acid groups (broad SMARTS) is 1. The number of carboxylic acids is 1. The zero-order valence-corrected chi connectivity index (χ0v) is 62.5. The third kappa shape index (κ3) is 19.5. The number of aryl methyl sites for hydroxylation is 2. The number of aliphatic hydroxyl groups is 3. The molecule has 0 amide bonds. The van der Waals surface area contributed by atoms with Gasteiger partial charge in [-0.1, -0.05) is 99.5 Å². The molecule has 1 fully saturated rings. The number of nitrogens with zero attached hydrogens (tertiary/aromatic N) is 6. The third-order valence-corrected chi connectivity index (χ3v) is 22.1. The molecule has 2 aliphatic carbocycles. The third-order valence-electron chi connectivity index (χ3n) is 17.7. The fourth-order valence-electron chi connectivity index (χ4n) is 13.2. The van der Waals surface area contributed by atoms with Crippen molar-refractivity contribution in [1.82, 2.24) is 39.6 Å². The van der Waals surface area contributed by atoms with E-state index in [1.165, 1.54) is 49.1 Å². The minimum absolute atomic E-state index is 0.00234. The maximum absolute atomic E-state index is 14.0. The van der Waals surface area contributed by atoms with Gasteiger partial charge in [-0.3, -0.25) is 19.6 Å². The molecule has 23 nitrogen and oxygen atoms in total. The highest BCUT2D eigenvalue weighted by Gasteiger charge is 2.41. The summed E-state index contributed by atoms with van der Waals surface area (Å²) < 4.78 is 127. The van der Waals surface area contributed by atoms with Gasteiger partial charge in [0.15, 0.2) is 5.79 Å². The predicted octanol–water partition coefficient (Wildman–Crippen LogP) is 11.3. The maximum atomic E-state index is 14.0. The molecule has 6 N–H and O–H groups in total. The normalized spacial score (nSPS) is 16.5. The van der Waals surface area contributed by atoms with E-state index in [-0.39, 0.29) is 70.0 Å². The Labute approximate surface area is 606 Å². The number of fused-ring (bicyclic) bond motifs is 6. The van der Waals surface area contributed by atoms with Crippen molar-refractivity contribution < 1.29 is 78.3 Å². The van der Waals surface area contributed by atoms with Gasteiger partial charge >= 0.3 is 11.9 Å². The predicted molar refractivity (Wildman–Crippen MR) is 389 cm³/mol. The van der Waals surface area contributed by atoms with Crippen molar-refractivity contribution in [3.8, 4) is 50.5 Å². The maximum Gasteiger partial charge on any atom is 0.308 e. The van der Waals surface area contributed by atoms with Gasteiger partial charge in [0.2, 0.25) is 29.9 Å². The van der Waals surface area contributed by atoms with E-state index in [0.29, 0.717) is 23.5 Å². The SMILES string of the molecule is CC(C)(C)OC(=O)C[C@H]1C[C@@H](CS(=O)(=O)c2nnnn2-c2ccccc2)OC(C)(C)O1.CNS(=O)(=O)c1ccc2c(c1)-c1nc(C(C)C)c(/C=C/[C@@H](O)C[C@@H](O)CC(=O)O)c(-c3ccc(F)cc3)c1CCC2.CNS(=O)(=O)c1ccc2c(c1)-c1nc(C(C)C)c(CO)c(-c3ccc(F)cc3)c1CCC2. The number of rotatable bonds is 21. The number of benzene rings is 5. The molecule has 0 saturated carbocycles. The van der Waals surface area contributed by atoms with Gasteiger partial charge in [0.1, 0.15) is 17.2 Å². The Kier molecular flexibility index (Phi) is 25.6. The molecular weight excluding hydrogens is 1400 g/mol. The van der Waals surface area contributed by atoms with Crippen LogP contribution < -0.4 is 9.44 Å².